The van der Waals surface area contributed by atoms with Crippen LogP contribution in [-0.2, 0) is 11.2 Å². The highest BCUT2D eigenvalue weighted by Gasteiger charge is 2.04. The second kappa shape index (κ2) is 13.4. The Balaban J connectivity index is 1.50. The molecule has 0 atom stereocenters. The molecular formula is C25H34N2O3. The topological polar surface area (TPSA) is 59.6 Å². The van der Waals surface area contributed by atoms with Gasteiger partial charge in [0, 0.05) is 13.0 Å². The number of carbonyl (C=O) groups excluding carboxylic acids is 1. The molecule has 0 aliphatic heterocycles. The summed E-state index contributed by atoms with van der Waals surface area (Å²) in [6.07, 6.45) is 7.25. The first-order valence-electron chi connectivity index (χ1n) is 10.5. The highest BCUT2D eigenvalue weighted by molar-refractivity contribution is 5.78. The summed E-state index contributed by atoms with van der Waals surface area (Å²) in [7, 11) is 3.30. The Labute approximate surface area is 180 Å². The van der Waals surface area contributed by atoms with Crippen molar-refractivity contribution in [3.8, 4) is 11.5 Å². The summed E-state index contributed by atoms with van der Waals surface area (Å²) in [6.45, 7) is 4.60. The van der Waals surface area contributed by atoms with E-state index in [1.165, 1.54) is 11.1 Å². The Kier molecular flexibility index (Phi) is 10.5. The molecule has 0 bridgehead atoms. The molecule has 162 valence electrons. The van der Waals surface area contributed by atoms with Crippen LogP contribution in [0.4, 0.5) is 0 Å². The van der Waals surface area contributed by atoms with Crippen LogP contribution in [-0.4, -0.2) is 39.8 Å². The fourth-order valence-electron chi connectivity index (χ4n) is 3.07. The second-order valence-corrected chi connectivity index (χ2v) is 7.26. The Bertz CT molecular complexity index is 801. The molecule has 30 heavy (non-hydrogen) atoms. The lowest BCUT2D eigenvalue weighted by Gasteiger charge is -2.10. The smallest absolute Gasteiger partial charge is 0.223 e. The summed E-state index contributed by atoms with van der Waals surface area (Å²) in [5, 5.41) is 6.39. The largest absolute Gasteiger partial charge is 0.493 e. The molecule has 5 nitrogen and oxygen atoms in total. The maximum Gasteiger partial charge on any atom is 0.223 e. The standard InChI is InChI=1S/C25H34N2O3/c1-20-10-12-21(13-11-20)7-4-9-25(28)27-18-6-17-26-16-5-8-22-14-15-23(29-2)24(19-22)30-3/h4,7,10-15,19,26H,5-6,8-9,16-18H2,1-3H3,(H,27,28)/b7-4+. The normalized spacial score (nSPS) is 10.9. The second-order valence-electron chi connectivity index (χ2n) is 7.26. The molecule has 0 aliphatic carbocycles. The zero-order valence-corrected chi connectivity index (χ0v) is 18.4. The van der Waals surface area contributed by atoms with Gasteiger partial charge in [-0.3, -0.25) is 4.79 Å². The molecule has 2 aromatic rings. The van der Waals surface area contributed by atoms with Gasteiger partial charge in [0.1, 0.15) is 0 Å². The maximum atomic E-state index is 11.9. The third kappa shape index (κ3) is 8.70. The molecule has 1 amide bonds. The van der Waals surface area contributed by atoms with Crippen LogP contribution in [0.25, 0.3) is 6.08 Å². The van der Waals surface area contributed by atoms with Crippen LogP contribution < -0.4 is 20.1 Å². The summed E-state index contributed by atoms with van der Waals surface area (Å²) in [4.78, 5) is 11.9. The van der Waals surface area contributed by atoms with Gasteiger partial charge in [0.2, 0.25) is 5.91 Å². The minimum absolute atomic E-state index is 0.0619. The van der Waals surface area contributed by atoms with Crippen molar-refractivity contribution in [2.24, 2.45) is 0 Å². The van der Waals surface area contributed by atoms with Crippen molar-refractivity contribution in [2.75, 3.05) is 33.9 Å². The van der Waals surface area contributed by atoms with Gasteiger partial charge in [-0.15, -0.1) is 0 Å². The Hall–Kier alpha value is -2.79. The molecule has 0 aromatic heterocycles. The number of hydrogen-bond donors (Lipinski definition) is 2. The van der Waals surface area contributed by atoms with Crippen molar-refractivity contribution in [1.29, 1.82) is 0 Å². The van der Waals surface area contributed by atoms with Crippen molar-refractivity contribution in [3.05, 3.63) is 65.2 Å². The Morgan fingerprint density at radius 1 is 0.933 bits per heavy atom. The molecule has 0 radical (unpaired) electrons. The van der Waals surface area contributed by atoms with Gasteiger partial charge in [0.25, 0.3) is 0 Å². The Morgan fingerprint density at radius 2 is 1.67 bits per heavy atom. The highest BCUT2D eigenvalue weighted by atomic mass is 16.5. The minimum atomic E-state index is 0.0619. The number of hydrogen-bond acceptors (Lipinski definition) is 4. The number of methoxy groups -OCH3 is 2. The fraction of sp³-hybridized carbons (Fsp3) is 0.400. The predicted molar refractivity (Wildman–Crippen MR) is 123 cm³/mol. The van der Waals surface area contributed by atoms with Crippen molar-refractivity contribution >= 4 is 12.0 Å². The third-order valence-electron chi connectivity index (χ3n) is 4.81. The van der Waals surface area contributed by atoms with Crippen molar-refractivity contribution in [2.45, 2.75) is 32.6 Å². The Morgan fingerprint density at radius 3 is 2.40 bits per heavy atom. The van der Waals surface area contributed by atoms with Crippen LogP contribution in [0.1, 0.15) is 36.0 Å². The summed E-state index contributed by atoms with van der Waals surface area (Å²) in [5.74, 6) is 1.59. The number of nitrogens with one attached hydrogen (secondary N) is 2. The van der Waals surface area contributed by atoms with Gasteiger partial charge in [0.15, 0.2) is 11.5 Å². The number of amides is 1. The first-order chi connectivity index (χ1) is 14.6. The zero-order valence-electron chi connectivity index (χ0n) is 18.4. The summed E-state index contributed by atoms with van der Waals surface area (Å²) >= 11 is 0. The van der Waals surface area contributed by atoms with E-state index in [1.807, 2.05) is 24.3 Å². The number of benzene rings is 2. The van der Waals surface area contributed by atoms with Gasteiger partial charge in [-0.25, -0.2) is 0 Å². The van der Waals surface area contributed by atoms with E-state index >= 15 is 0 Å². The summed E-state index contributed by atoms with van der Waals surface area (Å²) in [6, 6.07) is 14.3. The molecular weight excluding hydrogens is 376 g/mol. The number of ether oxygens (including phenoxy) is 2. The molecule has 0 heterocycles. The lowest BCUT2D eigenvalue weighted by atomic mass is 10.1. The maximum absolute atomic E-state index is 11.9. The lowest BCUT2D eigenvalue weighted by Crippen LogP contribution is -2.27. The van der Waals surface area contributed by atoms with Gasteiger partial charge in [-0.05, 0) is 62.5 Å². The van der Waals surface area contributed by atoms with Gasteiger partial charge >= 0.3 is 0 Å². The zero-order chi connectivity index (χ0) is 21.6. The third-order valence-corrected chi connectivity index (χ3v) is 4.81. The van der Waals surface area contributed by atoms with Gasteiger partial charge in [0.05, 0.1) is 14.2 Å². The van der Waals surface area contributed by atoms with Crippen LogP contribution in [0.15, 0.2) is 48.5 Å². The molecule has 2 rings (SSSR count). The van der Waals surface area contributed by atoms with Crippen LogP contribution in [0.5, 0.6) is 11.5 Å². The number of rotatable bonds is 13. The molecule has 2 N–H and O–H groups in total. The van der Waals surface area contributed by atoms with Gasteiger partial charge < -0.3 is 20.1 Å². The van der Waals surface area contributed by atoms with E-state index in [9.17, 15) is 4.79 Å². The molecule has 0 fully saturated rings. The quantitative estimate of drug-likeness (QED) is 0.487. The van der Waals surface area contributed by atoms with Gasteiger partial charge in [-0.1, -0.05) is 48.0 Å². The molecule has 0 unspecified atom stereocenters. The van der Waals surface area contributed by atoms with Crippen LogP contribution in [0.2, 0.25) is 0 Å². The van der Waals surface area contributed by atoms with E-state index in [0.29, 0.717) is 13.0 Å². The van der Waals surface area contributed by atoms with E-state index in [0.717, 1.165) is 49.4 Å². The molecule has 0 aliphatic rings. The van der Waals surface area contributed by atoms with E-state index in [1.54, 1.807) is 14.2 Å². The first-order valence-corrected chi connectivity index (χ1v) is 10.5. The van der Waals surface area contributed by atoms with Crippen LogP contribution in [0, 0.1) is 6.92 Å². The number of aryl methyl sites for hydroxylation is 2. The molecule has 0 saturated heterocycles. The molecule has 5 heteroatoms. The van der Waals surface area contributed by atoms with E-state index < -0.39 is 0 Å². The number of carbonyl (C=O) groups is 1. The van der Waals surface area contributed by atoms with E-state index in [2.05, 4.69) is 47.9 Å². The average Bonchev–Trinajstić information content (AvgIpc) is 2.76. The van der Waals surface area contributed by atoms with Crippen LogP contribution >= 0.6 is 0 Å². The SMILES string of the molecule is COc1ccc(CCCNCCCNC(=O)C/C=C/c2ccc(C)cc2)cc1OC. The highest BCUT2D eigenvalue weighted by Crippen LogP contribution is 2.27. The molecule has 0 saturated carbocycles. The minimum Gasteiger partial charge on any atom is -0.493 e. The predicted octanol–water partition coefficient (Wildman–Crippen LogP) is 4.14. The monoisotopic (exact) mass is 410 g/mol. The van der Waals surface area contributed by atoms with Crippen molar-refractivity contribution < 1.29 is 14.3 Å². The van der Waals surface area contributed by atoms with Crippen molar-refractivity contribution in [3.63, 3.8) is 0 Å². The lowest BCUT2D eigenvalue weighted by molar-refractivity contribution is -0.120. The van der Waals surface area contributed by atoms with Gasteiger partial charge in [-0.2, -0.15) is 0 Å². The average molecular weight is 411 g/mol. The van der Waals surface area contributed by atoms with E-state index in [-0.39, 0.29) is 5.91 Å². The fourth-order valence-corrected chi connectivity index (χ4v) is 3.07. The summed E-state index contributed by atoms with van der Waals surface area (Å²) in [5.41, 5.74) is 3.59. The first kappa shape index (κ1) is 23.5. The summed E-state index contributed by atoms with van der Waals surface area (Å²) < 4.78 is 10.6. The van der Waals surface area contributed by atoms with Crippen molar-refractivity contribution in [1.82, 2.24) is 10.6 Å². The van der Waals surface area contributed by atoms with Crippen LogP contribution in [0.3, 0.4) is 0 Å². The van der Waals surface area contributed by atoms with E-state index in [4.69, 9.17) is 9.47 Å². The molecule has 2 aromatic carbocycles. The molecule has 0 spiro atoms.